The molecule has 0 unspecified atom stereocenters. The third-order valence-corrected chi connectivity index (χ3v) is 5.57. The molecule has 1 N–H and O–H groups in total. The Morgan fingerprint density at radius 3 is 2.26 bits per heavy atom. The van der Waals surface area contributed by atoms with Crippen LogP contribution in [0.4, 0.5) is 13.2 Å². The van der Waals surface area contributed by atoms with Gasteiger partial charge >= 0.3 is 12.1 Å². The number of methoxy groups -OCH3 is 1. The molecule has 8 nitrogen and oxygen atoms in total. The SMILES string of the molecule is COCCN1CCCC2(CCN(C(=O)c3ccncc3)CC2)C1=O.O=C(O)C(F)(F)F. The summed E-state index contributed by atoms with van der Waals surface area (Å²) in [5.74, 6) is -2.47. The molecular weight excluding hydrogens is 419 g/mol. The molecule has 31 heavy (non-hydrogen) atoms. The van der Waals surface area contributed by atoms with E-state index < -0.39 is 12.1 Å². The Balaban J connectivity index is 0.000000423. The number of carboxylic acid groups (broad SMARTS) is 1. The Labute approximate surface area is 178 Å². The van der Waals surface area contributed by atoms with Crippen molar-refractivity contribution in [1.29, 1.82) is 0 Å². The molecule has 3 heterocycles. The molecule has 2 fully saturated rings. The quantitative estimate of drug-likeness (QED) is 0.763. The first-order valence-corrected chi connectivity index (χ1v) is 9.88. The molecule has 172 valence electrons. The van der Waals surface area contributed by atoms with Crippen LogP contribution < -0.4 is 0 Å². The Morgan fingerprint density at radius 1 is 1.16 bits per heavy atom. The predicted molar refractivity (Wildman–Crippen MR) is 103 cm³/mol. The molecular formula is C20H26F3N3O5. The first-order chi connectivity index (χ1) is 14.6. The number of ether oxygens (including phenoxy) is 1. The molecule has 0 aliphatic carbocycles. The van der Waals surface area contributed by atoms with Gasteiger partial charge in [-0.15, -0.1) is 0 Å². The van der Waals surface area contributed by atoms with Crippen LogP contribution >= 0.6 is 0 Å². The number of rotatable bonds is 4. The number of aromatic nitrogens is 1. The van der Waals surface area contributed by atoms with E-state index in [4.69, 9.17) is 14.6 Å². The molecule has 11 heteroatoms. The smallest absolute Gasteiger partial charge is 0.475 e. The van der Waals surface area contributed by atoms with E-state index in [0.717, 1.165) is 32.2 Å². The van der Waals surface area contributed by atoms with Crippen LogP contribution in [0.1, 0.15) is 36.0 Å². The summed E-state index contributed by atoms with van der Waals surface area (Å²) in [6.45, 7) is 3.35. The topological polar surface area (TPSA) is 100 Å². The van der Waals surface area contributed by atoms with E-state index in [1.807, 2.05) is 9.80 Å². The second kappa shape index (κ2) is 10.6. The lowest BCUT2D eigenvalue weighted by Gasteiger charge is -2.46. The van der Waals surface area contributed by atoms with E-state index in [0.29, 0.717) is 31.8 Å². The highest BCUT2D eigenvalue weighted by Crippen LogP contribution is 2.41. The fraction of sp³-hybridized carbons (Fsp3) is 0.600. The third-order valence-electron chi connectivity index (χ3n) is 5.57. The molecule has 2 aliphatic heterocycles. The monoisotopic (exact) mass is 445 g/mol. The molecule has 1 aromatic heterocycles. The van der Waals surface area contributed by atoms with Gasteiger partial charge in [-0.1, -0.05) is 0 Å². The third kappa shape index (κ3) is 6.39. The van der Waals surface area contributed by atoms with Gasteiger partial charge in [0.05, 0.1) is 12.0 Å². The van der Waals surface area contributed by atoms with Gasteiger partial charge < -0.3 is 19.6 Å². The van der Waals surface area contributed by atoms with E-state index in [2.05, 4.69) is 4.98 Å². The molecule has 1 spiro atoms. The van der Waals surface area contributed by atoms with Crippen LogP contribution in [0, 0.1) is 5.41 Å². The van der Waals surface area contributed by atoms with Crippen LogP contribution in [-0.4, -0.2) is 83.7 Å². The summed E-state index contributed by atoms with van der Waals surface area (Å²) >= 11 is 0. The number of aliphatic carboxylic acids is 1. The number of carboxylic acids is 1. The van der Waals surface area contributed by atoms with Crippen LogP contribution in [0.3, 0.4) is 0 Å². The lowest BCUT2D eigenvalue weighted by Crippen LogP contribution is -2.54. The molecule has 0 aromatic carbocycles. The second-order valence-corrected chi connectivity index (χ2v) is 7.50. The number of hydrogen-bond donors (Lipinski definition) is 1. The first-order valence-electron chi connectivity index (χ1n) is 9.88. The zero-order valence-corrected chi connectivity index (χ0v) is 17.2. The van der Waals surface area contributed by atoms with Crippen LogP contribution in [-0.2, 0) is 14.3 Å². The van der Waals surface area contributed by atoms with Crippen LogP contribution in [0.15, 0.2) is 24.5 Å². The van der Waals surface area contributed by atoms with Gasteiger partial charge in [0.1, 0.15) is 0 Å². The van der Waals surface area contributed by atoms with Crippen molar-refractivity contribution in [2.24, 2.45) is 5.41 Å². The summed E-state index contributed by atoms with van der Waals surface area (Å²) in [5, 5.41) is 7.12. The first kappa shape index (κ1) is 24.6. The molecule has 3 rings (SSSR count). The summed E-state index contributed by atoms with van der Waals surface area (Å²) in [5.41, 5.74) is 0.388. The van der Waals surface area contributed by atoms with E-state index in [9.17, 15) is 22.8 Å². The average Bonchev–Trinajstić information content (AvgIpc) is 2.75. The highest BCUT2D eigenvalue weighted by atomic mass is 19.4. The van der Waals surface area contributed by atoms with Crippen molar-refractivity contribution in [2.75, 3.05) is 39.9 Å². The van der Waals surface area contributed by atoms with Gasteiger partial charge in [0.2, 0.25) is 5.91 Å². The van der Waals surface area contributed by atoms with E-state index in [-0.39, 0.29) is 17.2 Å². The molecule has 1 aromatic rings. The summed E-state index contributed by atoms with van der Waals surface area (Å²) < 4.78 is 36.9. The van der Waals surface area contributed by atoms with Crippen LogP contribution in [0.2, 0.25) is 0 Å². The second-order valence-electron chi connectivity index (χ2n) is 7.50. The number of carbonyl (C=O) groups is 3. The maximum absolute atomic E-state index is 12.9. The highest BCUT2D eigenvalue weighted by molar-refractivity contribution is 5.94. The Hall–Kier alpha value is -2.69. The number of pyridine rings is 1. The van der Waals surface area contributed by atoms with Crippen LogP contribution in [0.25, 0.3) is 0 Å². The predicted octanol–water partition coefficient (Wildman–Crippen LogP) is 2.21. The van der Waals surface area contributed by atoms with Gasteiger partial charge in [0.25, 0.3) is 5.91 Å². The van der Waals surface area contributed by atoms with Crippen molar-refractivity contribution in [3.8, 4) is 0 Å². The maximum atomic E-state index is 12.9. The molecule has 0 atom stereocenters. The van der Waals surface area contributed by atoms with Gasteiger partial charge in [-0.3, -0.25) is 14.6 Å². The Kier molecular flexibility index (Phi) is 8.37. The number of piperidine rings is 2. The Morgan fingerprint density at radius 2 is 1.74 bits per heavy atom. The Bertz CT molecular complexity index is 765. The minimum Gasteiger partial charge on any atom is -0.475 e. The van der Waals surface area contributed by atoms with Gasteiger partial charge in [-0.25, -0.2) is 4.79 Å². The minimum absolute atomic E-state index is 0.0340. The maximum Gasteiger partial charge on any atom is 0.490 e. The summed E-state index contributed by atoms with van der Waals surface area (Å²) in [4.78, 5) is 42.1. The van der Waals surface area contributed by atoms with Crippen molar-refractivity contribution >= 4 is 17.8 Å². The van der Waals surface area contributed by atoms with Gasteiger partial charge in [0.15, 0.2) is 0 Å². The number of likely N-dealkylation sites (tertiary alicyclic amines) is 2. The number of alkyl halides is 3. The fourth-order valence-electron chi connectivity index (χ4n) is 3.85. The number of amides is 2. The number of hydrogen-bond acceptors (Lipinski definition) is 5. The van der Waals surface area contributed by atoms with Gasteiger partial charge in [-0.2, -0.15) is 13.2 Å². The average molecular weight is 445 g/mol. The van der Waals surface area contributed by atoms with E-state index in [1.165, 1.54) is 0 Å². The van der Waals surface area contributed by atoms with Crippen LogP contribution in [0.5, 0.6) is 0 Å². The fourth-order valence-corrected chi connectivity index (χ4v) is 3.85. The molecule has 2 aliphatic rings. The lowest BCUT2D eigenvalue weighted by molar-refractivity contribution is -0.192. The van der Waals surface area contributed by atoms with Crippen molar-refractivity contribution in [3.63, 3.8) is 0 Å². The lowest BCUT2D eigenvalue weighted by atomic mass is 9.71. The molecule has 2 amide bonds. The zero-order valence-electron chi connectivity index (χ0n) is 17.2. The molecule has 0 radical (unpaired) electrons. The van der Waals surface area contributed by atoms with Crippen molar-refractivity contribution in [2.45, 2.75) is 31.9 Å². The van der Waals surface area contributed by atoms with Gasteiger partial charge in [-0.05, 0) is 37.8 Å². The number of carbonyl (C=O) groups excluding carboxylic acids is 2. The van der Waals surface area contributed by atoms with Crippen molar-refractivity contribution in [1.82, 2.24) is 14.8 Å². The van der Waals surface area contributed by atoms with E-state index >= 15 is 0 Å². The molecule has 0 bridgehead atoms. The number of halogens is 3. The summed E-state index contributed by atoms with van der Waals surface area (Å²) in [6, 6.07) is 3.48. The molecule has 0 saturated carbocycles. The van der Waals surface area contributed by atoms with Gasteiger partial charge in [0, 0.05) is 51.2 Å². The number of nitrogens with zero attached hydrogens (tertiary/aromatic N) is 3. The zero-order chi connectivity index (χ0) is 23.1. The molecule has 2 saturated heterocycles. The van der Waals surface area contributed by atoms with Crippen molar-refractivity contribution < 1.29 is 37.4 Å². The summed E-state index contributed by atoms with van der Waals surface area (Å²) in [7, 11) is 1.66. The normalized spacial score (nSPS) is 18.4. The standard InChI is InChI=1S/C18H25N3O3.C2HF3O2/c1-24-14-13-21-10-2-5-18(17(21)23)6-11-20(12-7-18)16(22)15-3-8-19-9-4-15;3-2(4,5)1(6)7/h3-4,8-9H,2,5-7,10-14H2,1H3;(H,6,7). The largest absolute Gasteiger partial charge is 0.490 e. The highest BCUT2D eigenvalue weighted by Gasteiger charge is 2.46. The van der Waals surface area contributed by atoms with E-state index in [1.54, 1.807) is 31.6 Å². The minimum atomic E-state index is -5.08. The van der Waals surface area contributed by atoms with Crippen molar-refractivity contribution in [3.05, 3.63) is 30.1 Å². The summed E-state index contributed by atoms with van der Waals surface area (Å²) in [6.07, 6.45) is 1.67.